The van der Waals surface area contributed by atoms with Crippen molar-refractivity contribution in [3.05, 3.63) is 11.7 Å². The van der Waals surface area contributed by atoms with Crippen molar-refractivity contribution in [2.24, 2.45) is 11.7 Å². The molecular formula is C9H12F3N3O2. The maximum atomic E-state index is 12.2. The van der Waals surface area contributed by atoms with Crippen LogP contribution in [-0.2, 0) is 10.9 Å². The fourth-order valence-electron chi connectivity index (χ4n) is 1.75. The van der Waals surface area contributed by atoms with Gasteiger partial charge >= 0.3 is 12.1 Å². The van der Waals surface area contributed by atoms with Crippen LogP contribution in [-0.4, -0.2) is 23.4 Å². The molecule has 1 aromatic heterocycles. The van der Waals surface area contributed by atoms with Crippen LogP contribution in [0.25, 0.3) is 0 Å². The highest BCUT2D eigenvalue weighted by Gasteiger charge is 2.39. The molecule has 96 valence electrons. The van der Waals surface area contributed by atoms with Gasteiger partial charge in [-0.15, -0.1) is 0 Å². The van der Waals surface area contributed by atoms with Crippen LogP contribution >= 0.6 is 0 Å². The first kappa shape index (κ1) is 12.3. The van der Waals surface area contributed by atoms with E-state index in [-0.39, 0.29) is 11.7 Å². The van der Waals surface area contributed by atoms with E-state index in [4.69, 9.17) is 10.5 Å². The van der Waals surface area contributed by atoms with Gasteiger partial charge in [0.25, 0.3) is 0 Å². The van der Waals surface area contributed by atoms with Crippen molar-refractivity contribution < 1.29 is 22.4 Å². The van der Waals surface area contributed by atoms with Gasteiger partial charge in [0.1, 0.15) is 0 Å². The molecule has 8 heteroatoms. The first-order valence-electron chi connectivity index (χ1n) is 5.22. The van der Waals surface area contributed by atoms with Crippen molar-refractivity contribution in [3.8, 4) is 0 Å². The van der Waals surface area contributed by atoms with Crippen LogP contribution in [0.3, 0.4) is 0 Å². The second-order valence-corrected chi connectivity index (χ2v) is 3.96. The molecule has 0 aromatic carbocycles. The zero-order chi connectivity index (χ0) is 12.5. The molecule has 0 radical (unpaired) electrons. The first-order valence-corrected chi connectivity index (χ1v) is 5.22. The van der Waals surface area contributed by atoms with Gasteiger partial charge in [0.2, 0.25) is 0 Å². The van der Waals surface area contributed by atoms with Gasteiger partial charge in [0.05, 0.1) is 12.6 Å². The Hall–Kier alpha value is -1.15. The number of ether oxygens (including phenoxy) is 1. The van der Waals surface area contributed by atoms with Crippen LogP contribution in [0.2, 0.25) is 0 Å². The first-order chi connectivity index (χ1) is 7.98. The Morgan fingerprint density at radius 2 is 2.18 bits per heavy atom. The molecule has 1 fully saturated rings. The summed E-state index contributed by atoms with van der Waals surface area (Å²) in [5.41, 5.74) is 5.79. The Balaban J connectivity index is 2.08. The van der Waals surface area contributed by atoms with E-state index in [0.717, 1.165) is 12.8 Å². The number of aromatic nitrogens is 2. The van der Waals surface area contributed by atoms with E-state index in [1.54, 1.807) is 0 Å². The molecule has 5 nitrogen and oxygen atoms in total. The molecule has 1 saturated heterocycles. The largest absolute Gasteiger partial charge is 0.471 e. The Labute approximate surface area is 95.1 Å². The monoisotopic (exact) mass is 251 g/mol. The van der Waals surface area contributed by atoms with E-state index in [2.05, 4.69) is 14.7 Å². The molecular weight excluding hydrogens is 239 g/mol. The fraction of sp³-hybridized carbons (Fsp3) is 0.778. The van der Waals surface area contributed by atoms with Crippen LogP contribution < -0.4 is 5.73 Å². The summed E-state index contributed by atoms with van der Waals surface area (Å²) in [6.45, 7) is 1.07. The number of nitrogens with two attached hydrogens (primary N) is 1. The lowest BCUT2D eigenvalue weighted by Crippen LogP contribution is -2.29. The highest BCUT2D eigenvalue weighted by atomic mass is 19.4. The third-order valence-electron chi connectivity index (χ3n) is 2.69. The Morgan fingerprint density at radius 3 is 2.71 bits per heavy atom. The van der Waals surface area contributed by atoms with Crippen LogP contribution in [0, 0.1) is 5.92 Å². The second kappa shape index (κ2) is 4.61. The fourth-order valence-corrected chi connectivity index (χ4v) is 1.75. The van der Waals surface area contributed by atoms with E-state index in [0.29, 0.717) is 13.2 Å². The lowest BCUT2D eigenvalue weighted by atomic mass is 9.94. The summed E-state index contributed by atoms with van der Waals surface area (Å²) in [4.78, 5) is 3.27. The number of alkyl halides is 3. The summed E-state index contributed by atoms with van der Waals surface area (Å²) in [6.07, 6.45) is -3.01. The third kappa shape index (κ3) is 2.75. The minimum Gasteiger partial charge on any atom is -0.381 e. The summed E-state index contributed by atoms with van der Waals surface area (Å²) in [5, 5.41) is 3.27. The zero-order valence-corrected chi connectivity index (χ0v) is 8.91. The lowest BCUT2D eigenvalue weighted by Gasteiger charge is -2.25. The van der Waals surface area contributed by atoms with E-state index in [9.17, 15) is 13.2 Å². The Kier molecular flexibility index (Phi) is 3.34. The molecule has 1 aliphatic rings. The topological polar surface area (TPSA) is 74.2 Å². The highest BCUT2D eigenvalue weighted by molar-refractivity contribution is 4.98. The highest BCUT2D eigenvalue weighted by Crippen LogP contribution is 2.30. The van der Waals surface area contributed by atoms with E-state index in [1.165, 1.54) is 0 Å². The van der Waals surface area contributed by atoms with Crippen molar-refractivity contribution in [2.45, 2.75) is 25.1 Å². The second-order valence-electron chi connectivity index (χ2n) is 3.96. The SMILES string of the molecule is NC(c1noc(C(F)(F)F)n1)C1CCCOC1. The molecule has 0 aliphatic carbocycles. The lowest BCUT2D eigenvalue weighted by molar-refractivity contribution is -0.159. The summed E-state index contributed by atoms with van der Waals surface area (Å²) in [6, 6.07) is -0.685. The number of nitrogens with zero attached hydrogens (tertiary/aromatic N) is 2. The Morgan fingerprint density at radius 1 is 1.41 bits per heavy atom. The number of hydrogen-bond acceptors (Lipinski definition) is 5. The molecule has 1 aromatic rings. The zero-order valence-electron chi connectivity index (χ0n) is 8.91. The van der Waals surface area contributed by atoms with Gasteiger partial charge in [-0.05, 0) is 12.8 Å². The predicted octanol–water partition coefficient (Wildman–Crippen LogP) is 1.51. The third-order valence-corrected chi connectivity index (χ3v) is 2.69. The van der Waals surface area contributed by atoms with Crippen LogP contribution in [0.1, 0.15) is 30.6 Å². The van der Waals surface area contributed by atoms with E-state index in [1.807, 2.05) is 0 Å². The maximum absolute atomic E-state index is 12.2. The van der Waals surface area contributed by atoms with E-state index < -0.39 is 18.1 Å². The summed E-state index contributed by atoms with van der Waals surface area (Å²) >= 11 is 0. The normalized spacial score (nSPS) is 23.6. The minimum absolute atomic E-state index is 0.0672. The van der Waals surface area contributed by atoms with Crippen molar-refractivity contribution >= 4 is 0 Å². The van der Waals surface area contributed by atoms with E-state index >= 15 is 0 Å². The predicted molar refractivity (Wildman–Crippen MR) is 49.8 cm³/mol. The number of rotatable bonds is 2. The van der Waals surface area contributed by atoms with Crippen LogP contribution in [0.5, 0.6) is 0 Å². The molecule has 0 bridgehead atoms. The Bertz CT molecular complexity index is 374. The molecule has 2 atom stereocenters. The van der Waals surface area contributed by atoms with Gasteiger partial charge in [-0.1, -0.05) is 5.16 Å². The summed E-state index contributed by atoms with van der Waals surface area (Å²) < 4.78 is 46.1. The standard InChI is InChI=1S/C9H12F3N3O2/c10-9(11,12)8-14-7(15-17-8)6(13)5-2-1-3-16-4-5/h5-6H,1-4,13H2. The van der Waals surface area contributed by atoms with Gasteiger partial charge in [0, 0.05) is 12.5 Å². The molecule has 2 heterocycles. The van der Waals surface area contributed by atoms with Crippen LogP contribution in [0.4, 0.5) is 13.2 Å². The molecule has 0 amide bonds. The van der Waals surface area contributed by atoms with Gasteiger partial charge in [-0.2, -0.15) is 18.2 Å². The molecule has 0 spiro atoms. The summed E-state index contributed by atoms with van der Waals surface area (Å²) in [5.74, 6) is -1.55. The molecule has 2 N–H and O–H groups in total. The average molecular weight is 251 g/mol. The minimum atomic E-state index is -4.63. The summed E-state index contributed by atoms with van der Waals surface area (Å²) in [7, 11) is 0. The molecule has 2 rings (SSSR count). The average Bonchev–Trinajstić information content (AvgIpc) is 2.78. The van der Waals surface area contributed by atoms with Crippen molar-refractivity contribution in [1.29, 1.82) is 0 Å². The molecule has 1 aliphatic heterocycles. The molecule has 0 saturated carbocycles. The molecule has 17 heavy (non-hydrogen) atoms. The van der Waals surface area contributed by atoms with Gasteiger partial charge < -0.3 is 15.0 Å². The maximum Gasteiger partial charge on any atom is 0.471 e. The number of hydrogen-bond donors (Lipinski definition) is 1. The molecule has 2 unspecified atom stereocenters. The number of halogens is 3. The van der Waals surface area contributed by atoms with Gasteiger partial charge in [-0.3, -0.25) is 0 Å². The van der Waals surface area contributed by atoms with Crippen molar-refractivity contribution in [1.82, 2.24) is 10.1 Å². The van der Waals surface area contributed by atoms with Gasteiger partial charge in [-0.25, -0.2) is 0 Å². The van der Waals surface area contributed by atoms with Gasteiger partial charge in [0.15, 0.2) is 5.82 Å². The van der Waals surface area contributed by atoms with Crippen LogP contribution in [0.15, 0.2) is 4.52 Å². The quantitative estimate of drug-likeness (QED) is 0.862. The van der Waals surface area contributed by atoms with Crippen molar-refractivity contribution in [3.63, 3.8) is 0 Å². The smallest absolute Gasteiger partial charge is 0.381 e. The van der Waals surface area contributed by atoms with Crippen molar-refractivity contribution in [2.75, 3.05) is 13.2 Å².